The van der Waals surface area contributed by atoms with Gasteiger partial charge in [0.15, 0.2) is 17.0 Å². The van der Waals surface area contributed by atoms with Gasteiger partial charge in [0.05, 0.1) is 12.2 Å². The van der Waals surface area contributed by atoms with Crippen molar-refractivity contribution in [3.8, 4) is 45.3 Å². The lowest BCUT2D eigenvalue weighted by Crippen LogP contribution is -2.07. The first-order valence-electron chi connectivity index (χ1n) is 14.1. The number of aromatic hydroxyl groups is 1. The average Bonchev–Trinajstić information content (AvgIpc) is 3.03. The number of aromatic nitrogens is 4. The zero-order valence-corrected chi connectivity index (χ0v) is 24.1. The number of carbonyl (C=O) groups is 2. The van der Waals surface area contributed by atoms with E-state index in [-0.39, 0.29) is 40.3 Å². The largest absolute Gasteiger partial charge is 0.508 e. The maximum Gasteiger partial charge on any atom is 0.336 e. The summed E-state index contributed by atoms with van der Waals surface area (Å²) in [5, 5.41) is 36.5. The Labute approximate surface area is 256 Å². The van der Waals surface area contributed by atoms with Gasteiger partial charge in [-0.05, 0) is 86.0 Å². The molecule has 0 spiro atoms. The van der Waals surface area contributed by atoms with Gasteiger partial charge in [0.25, 0.3) is 0 Å². The van der Waals surface area contributed by atoms with Crippen molar-refractivity contribution < 1.29 is 29.0 Å². The van der Waals surface area contributed by atoms with E-state index < -0.39 is 5.97 Å². The Balaban J connectivity index is 1.18. The van der Waals surface area contributed by atoms with Crippen molar-refractivity contribution in [1.29, 1.82) is 0 Å². The number of ketones is 1. The highest BCUT2D eigenvalue weighted by Gasteiger charge is 2.23. The second kappa shape index (κ2) is 12.3. The Morgan fingerprint density at radius 3 is 2.38 bits per heavy atom. The molecule has 0 radical (unpaired) electrons. The first-order valence-corrected chi connectivity index (χ1v) is 14.1. The number of phenols is 1. The maximum atomic E-state index is 13.2. The molecule has 11 heteroatoms. The normalized spacial score (nSPS) is 11.1. The summed E-state index contributed by atoms with van der Waals surface area (Å²) >= 11 is 0. The van der Waals surface area contributed by atoms with Crippen molar-refractivity contribution in [2.75, 3.05) is 6.61 Å². The molecule has 2 aliphatic rings. The topological polar surface area (TPSA) is 166 Å². The number of nitrogens with zero attached hydrogens (tertiary/aromatic N) is 4. The molecule has 2 heterocycles. The smallest absolute Gasteiger partial charge is 0.336 e. The summed E-state index contributed by atoms with van der Waals surface area (Å²) in [6.07, 6.45) is 1.42. The molecule has 0 atom stereocenters. The number of carbonyl (C=O) groups excluding carboxylic acids is 1. The van der Waals surface area contributed by atoms with Gasteiger partial charge < -0.3 is 19.4 Å². The molecule has 1 aliphatic heterocycles. The molecule has 0 saturated carbocycles. The number of phenolic OH excluding ortho intramolecular Hbond substituents is 1. The number of carboxylic acid groups (broad SMARTS) is 1. The van der Waals surface area contributed by atoms with Crippen LogP contribution in [0, 0.1) is 6.92 Å². The van der Waals surface area contributed by atoms with Crippen LogP contribution in [0.15, 0.2) is 88.1 Å². The molecule has 0 bridgehead atoms. The molecule has 0 saturated heterocycles. The van der Waals surface area contributed by atoms with Gasteiger partial charge in [0, 0.05) is 46.2 Å². The molecule has 45 heavy (non-hydrogen) atoms. The molecule has 1 aromatic heterocycles. The number of unbranched alkanes of at least 4 members (excludes halogenated alkanes) is 1. The maximum absolute atomic E-state index is 13.2. The summed E-state index contributed by atoms with van der Waals surface area (Å²) < 4.78 is 11.7. The number of hydrogen-bond donors (Lipinski definition) is 2. The Hall–Kier alpha value is -5.97. The van der Waals surface area contributed by atoms with E-state index in [9.17, 15) is 24.6 Å². The summed E-state index contributed by atoms with van der Waals surface area (Å²) in [4.78, 5) is 37.6. The molecule has 4 aromatic rings. The molecular formula is C34H26N4O7. The van der Waals surface area contributed by atoms with Gasteiger partial charge in [-0.2, -0.15) is 0 Å². The highest BCUT2D eigenvalue weighted by atomic mass is 16.5. The third-order valence-electron chi connectivity index (χ3n) is 7.28. The Kier molecular flexibility index (Phi) is 7.98. The minimum Gasteiger partial charge on any atom is -0.508 e. The van der Waals surface area contributed by atoms with Gasteiger partial charge in [-0.15, -0.1) is 20.4 Å². The summed E-state index contributed by atoms with van der Waals surface area (Å²) in [5.41, 5.74) is 2.38. The molecule has 6 rings (SSSR count). The number of aromatic carboxylic acids is 1. The summed E-state index contributed by atoms with van der Waals surface area (Å²) in [7, 11) is 0. The van der Waals surface area contributed by atoms with Gasteiger partial charge in [0.2, 0.25) is 5.82 Å². The lowest BCUT2D eigenvalue weighted by Gasteiger charge is -2.17. The van der Waals surface area contributed by atoms with Gasteiger partial charge in [-0.25, -0.2) is 4.79 Å². The van der Waals surface area contributed by atoms with E-state index >= 15 is 0 Å². The molecular weight excluding hydrogens is 576 g/mol. The van der Waals surface area contributed by atoms with Crippen molar-refractivity contribution in [1.82, 2.24) is 20.4 Å². The van der Waals surface area contributed by atoms with Gasteiger partial charge in [-0.3, -0.25) is 9.59 Å². The molecule has 0 amide bonds. The monoisotopic (exact) mass is 602 g/mol. The molecule has 1 aliphatic carbocycles. The minimum absolute atomic E-state index is 0.0134. The molecule has 11 nitrogen and oxygen atoms in total. The van der Waals surface area contributed by atoms with Crippen molar-refractivity contribution >= 4 is 22.7 Å². The highest BCUT2D eigenvalue weighted by Crippen LogP contribution is 2.42. The quantitative estimate of drug-likeness (QED) is 0.108. The molecule has 0 fully saturated rings. The van der Waals surface area contributed by atoms with Crippen LogP contribution in [0.3, 0.4) is 0 Å². The third-order valence-corrected chi connectivity index (χ3v) is 7.28. The number of Topliss-reactive ketones (excluding diaryl/α,β-unsaturated/α-hetero) is 1. The number of fused-ring (bicyclic) bond motifs is 2. The van der Waals surface area contributed by atoms with Crippen molar-refractivity contribution in [3.63, 3.8) is 0 Å². The third kappa shape index (κ3) is 6.23. The van der Waals surface area contributed by atoms with Crippen LogP contribution in [0.4, 0.5) is 0 Å². The lowest BCUT2D eigenvalue weighted by molar-refractivity contribution is 0.0697. The first-order chi connectivity index (χ1) is 21.8. The van der Waals surface area contributed by atoms with Crippen LogP contribution in [0.1, 0.15) is 45.8 Å². The van der Waals surface area contributed by atoms with Crippen molar-refractivity contribution in [3.05, 3.63) is 106 Å². The zero-order valence-electron chi connectivity index (χ0n) is 24.1. The Morgan fingerprint density at radius 1 is 0.844 bits per heavy atom. The average molecular weight is 603 g/mol. The fraction of sp³-hybridized carbons (Fsp3) is 0.147. The second-order valence-corrected chi connectivity index (χ2v) is 10.4. The summed E-state index contributed by atoms with van der Waals surface area (Å²) in [6.45, 7) is 2.12. The van der Waals surface area contributed by atoms with Crippen molar-refractivity contribution in [2.45, 2.75) is 26.2 Å². The van der Waals surface area contributed by atoms with Crippen LogP contribution in [-0.2, 0) is 0 Å². The van der Waals surface area contributed by atoms with Gasteiger partial charge in [0.1, 0.15) is 22.8 Å². The fourth-order valence-electron chi connectivity index (χ4n) is 5.08. The van der Waals surface area contributed by atoms with Gasteiger partial charge >= 0.3 is 5.97 Å². The van der Waals surface area contributed by atoms with E-state index in [4.69, 9.17) is 9.15 Å². The van der Waals surface area contributed by atoms with E-state index in [1.54, 1.807) is 37.3 Å². The highest BCUT2D eigenvalue weighted by molar-refractivity contribution is 6.09. The molecule has 224 valence electrons. The Morgan fingerprint density at radius 2 is 1.62 bits per heavy atom. The van der Waals surface area contributed by atoms with E-state index in [0.29, 0.717) is 64.5 Å². The van der Waals surface area contributed by atoms with Crippen LogP contribution in [0.5, 0.6) is 11.5 Å². The molecule has 2 N–H and O–H groups in total. The lowest BCUT2D eigenvalue weighted by atomic mass is 9.88. The predicted octanol–water partition coefficient (Wildman–Crippen LogP) is 5.96. The van der Waals surface area contributed by atoms with Crippen molar-refractivity contribution in [2.24, 2.45) is 0 Å². The standard InChI is InChI=1S/C34H26N4O7/c1-19-35-37-33(38-36-19)20-5-10-24(11-6-20)44-15-3-2-4-29(41)21-7-12-25(34(42)43)28(16-21)32-26-13-8-22(39)17-30(26)45-31-18-23(40)9-14-27(31)32/h5-14,16-18,39H,2-4,15H2,1H3,(H,42,43). The zero-order chi connectivity index (χ0) is 31.5. The number of rotatable bonds is 10. The van der Waals surface area contributed by atoms with Gasteiger partial charge in [-0.1, -0.05) is 6.07 Å². The van der Waals surface area contributed by atoms with Crippen LogP contribution >= 0.6 is 0 Å². The SMILES string of the molecule is Cc1nnc(-c2ccc(OCCCCC(=O)c3ccc(C(=O)O)c(-c4c5ccc(=O)cc-5oc5cc(O)ccc45)c3)cc2)nn1. The number of carboxylic acids is 1. The number of benzene rings is 4. The van der Waals surface area contributed by atoms with Crippen LogP contribution in [-0.4, -0.2) is 49.0 Å². The van der Waals surface area contributed by atoms with E-state index in [1.807, 2.05) is 12.1 Å². The Bertz CT molecular complexity index is 2070. The van der Waals surface area contributed by atoms with Crippen LogP contribution < -0.4 is 10.2 Å². The van der Waals surface area contributed by atoms with Crippen LogP contribution in [0.2, 0.25) is 0 Å². The molecule has 0 unspecified atom stereocenters. The fourth-order valence-corrected chi connectivity index (χ4v) is 5.08. The second-order valence-electron chi connectivity index (χ2n) is 10.4. The predicted molar refractivity (Wildman–Crippen MR) is 165 cm³/mol. The first kappa shape index (κ1) is 29.1. The number of hydrogen-bond acceptors (Lipinski definition) is 10. The van der Waals surface area contributed by atoms with E-state index in [2.05, 4.69) is 20.4 Å². The number of aryl methyl sites for hydroxylation is 1. The van der Waals surface area contributed by atoms with E-state index in [1.165, 1.54) is 36.4 Å². The minimum atomic E-state index is -1.17. The van der Waals surface area contributed by atoms with Crippen LogP contribution in [0.25, 0.3) is 44.8 Å². The summed E-state index contributed by atoms with van der Waals surface area (Å²) in [5.74, 6) is 0.442. The molecule has 3 aromatic carbocycles. The summed E-state index contributed by atoms with van der Waals surface area (Å²) in [6, 6.07) is 20.5. The number of ether oxygens (including phenoxy) is 1. The van der Waals surface area contributed by atoms with E-state index in [0.717, 1.165) is 5.56 Å².